The van der Waals surface area contributed by atoms with E-state index in [0.717, 1.165) is 0 Å². The third-order valence-corrected chi connectivity index (χ3v) is 1.55. The Morgan fingerprint density at radius 3 is 3.00 bits per heavy atom. The van der Waals surface area contributed by atoms with Crippen LogP contribution in [0.2, 0.25) is 0 Å². The number of hydrogen-bond donors (Lipinski definition) is 0. The second-order valence-corrected chi connectivity index (χ2v) is 2.41. The van der Waals surface area contributed by atoms with Gasteiger partial charge in [-0.25, -0.2) is 4.79 Å². The lowest BCUT2D eigenvalue weighted by atomic mass is 10.3. The molecule has 4 nitrogen and oxygen atoms in total. The normalized spacial score (nSPS) is 12.5. The molecule has 0 saturated carbocycles. The van der Waals surface area contributed by atoms with Crippen LogP contribution in [-0.4, -0.2) is 22.4 Å². The maximum atomic E-state index is 11.2. The van der Waals surface area contributed by atoms with E-state index in [1.54, 1.807) is 37.0 Å². The van der Waals surface area contributed by atoms with E-state index < -0.39 is 0 Å². The minimum atomic E-state index is -0.333. The van der Waals surface area contributed by atoms with Gasteiger partial charge in [0, 0.05) is 12.4 Å². The van der Waals surface area contributed by atoms with Crippen molar-refractivity contribution in [3.05, 3.63) is 18.5 Å². The Bertz CT molecular complexity index is 244. The van der Waals surface area contributed by atoms with Gasteiger partial charge in [0.05, 0.1) is 6.61 Å². The predicted molar refractivity (Wildman–Crippen MR) is 43.6 cm³/mol. The third-order valence-electron chi connectivity index (χ3n) is 1.55. The van der Waals surface area contributed by atoms with Crippen LogP contribution in [0.15, 0.2) is 18.5 Å². The number of rotatable bonds is 3. The summed E-state index contributed by atoms with van der Waals surface area (Å²) in [7, 11) is 0. The van der Waals surface area contributed by atoms with Crippen LogP contribution < -0.4 is 0 Å². The molecule has 4 heteroatoms. The van der Waals surface area contributed by atoms with Gasteiger partial charge in [0.1, 0.15) is 6.04 Å². The van der Waals surface area contributed by atoms with Gasteiger partial charge in [-0.2, -0.15) is 5.10 Å². The van der Waals surface area contributed by atoms with Gasteiger partial charge in [-0.3, -0.25) is 4.68 Å². The van der Waals surface area contributed by atoms with E-state index in [0.29, 0.717) is 6.61 Å². The molecule has 0 bridgehead atoms. The first-order chi connectivity index (χ1) is 5.75. The molecule has 0 spiro atoms. The van der Waals surface area contributed by atoms with Crippen LogP contribution in [0.4, 0.5) is 0 Å². The van der Waals surface area contributed by atoms with Gasteiger partial charge in [-0.1, -0.05) is 0 Å². The molecule has 0 N–H and O–H groups in total. The smallest absolute Gasteiger partial charge is 0.330 e. The first kappa shape index (κ1) is 8.77. The van der Waals surface area contributed by atoms with E-state index in [2.05, 4.69) is 5.10 Å². The molecule has 0 radical (unpaired) electrons. The van der Waals surface area contributed by atoms with E-state index in [4.69, 9.17) is 4.74 Å². The second-order valence-electron chi connectivity index (χ2n) is 2.41. The highest BCUT2D eigenvalue weighted by Gasteiger charge is 2.15. The summed E-state index contributed by atoms with van der Waals surface area (Å²) in [5.41, 5.74) is 0. The molecule has 1 aromatic rings. The highest BCUT2D eigenvalue weighted by molar-refractivity contribution is 5.73. The molecule has 0 aliphatic heterocycles. The van der Waals surface area contributed by atoms with Gasteiger partial charge in [0.2, 0.25) is 0 Å². The maximum absolute atomic E-state index is 11.2. The van der Waals surface area contributed by atoms with Crippen molar-refractivity contribution in [3.8, 4) is 0 Å². The molecule has 0 aliphatic rings. The first-order valence-electron chi connectivity index (χ1n) is 3.91. The maximum Gasteiger partial charge on any atom is 0.330 e. The molecule has 1 rings (SSSR count). The van der Waals surface area contributed by atoms with Gasteiger partial charge in [0.15, 0.2) is 0 Å². The molecule has 1 heterocycles. The molecule has 12 heavy (non-hydrogen) atoms. The minimum Gasteiger partial charge on any atom is -0.464 e. The summed E-state index contributed by atoms with van der Waals surface area (Å²) in [6.07, 6.45) is 3.37. The lowest BCUT2D eigenvalue weighted by Gasteiger charge is -2.09. The van der Waals surface area contributed by atoms with Crippen LogP contribution in [0.25, 0.3) is 0 Å². The Morgan fingerprint density at radius 2 is 2.50 bits per heavy atom. The average molecular weight is 168 g/mol. The summed E-state index contributed by atoms with van der Waals surface area (Å²) < 4.78 is 6.40. The van der Waals surface area contributed by atoms with Crippen molar-refractivity contribution in [3.63, 3.8) is 0 Å². The summed E-state index contributed by atoms with van der Waals surface area (Å²) in [4.78, 5) is 11.2. The number of carbonyl (C=O) groups is 1. The molecule has 1 atom stereocenters. The Morgan fingerprint density at radius 1 is 1.75 bits per heavy atom. The number of hydrogen-bond acceptors (Lipinski definition) is 3. The van der Waals surface area contributed by atoms with Crippen molar-refractivity contribution in [1.82, 2.24) is 9.78 Å². The van der Waals surface area contributed by atoms with E-state index >= 15 is 0 Å². The van der Waals surface area contributed by atoms with Gasteiger partial charge < -0.3 is 4.74 Å². The van der Waals surface area contributed by atoms with E-state index in [-0.39, 0.29) is 12.0 Å². The Hall–Kier alpha value is -1.32. The summed E-state index contributed by atoms with van der Waals surface area (Å²) in [6, 6.07) is 1.44. The molecule has 0 fully saturated rings. The zero-order valence-corrected chi connectivity index (χ0v) is 7.23. The topological polar surface area (TPSA) is 44.1 Å². The van der Waals surface area contributed by atoms with Crippen LogP contribution in [0.5, 0.6) is 0 Å². The van der Waals surface area contributed by atoms with Crippen LogP contribution in [0, 0.1) is 0 Å². The van der Waals surface area contributed by atoms with Gasteiger partial charge in [0.25, 0.3) is 0 Å². The van der Waals surface area contributed by atoms with Crippen molar-refractivity contribution in [2.45, 2.75) is 19.9 Å². The van der Waals surface area contributed by atoms with Gasteiger partial charge >= 0.3 is 5.97 Å². The van der Waals surface area contributed by atoms with Crippen LogP contribution in [0.3, 0.4) is 0 Å². The van der Waals surface area contributed by atoms with Crippen molar-refractivity contribution >= 4 is 5.97 Å². The fourth-order valence-electron chi connectivity index (χ4n) is 0.881. The van der Waals surface area contributed by atoms with E-state index in [1.807, 2.05) is 0 Å². The summed E-state index contributed by atoms with van der Waals surface area (Å²) in [5, 5.41) is 3.94. The number of aromatic nitrogens is 2. The number of ether oxygens (including phenoxy) is 1. The summed E-state index contributed by atoms with van der Waals surface area (Å²) >= 11 is 0. The lowest BCUT2D eigenvalue weighted by molar-refractivity contribution is -0.146. The largest absolute Gasteiger partial charge is 0.464 e. The Kier molecular flexibility index (Phi) is 2.85. The van der Waals surface area contributed by atoms with Crippen molar-refractivity contribution in [2.24, 2.45) is 0 Å². The summed E-state index contributed by atoms with van der Waals surface area (Å²) in [6.45, 7) is 3.95. The second kappa shape index (κ2) is 3.90. The van der Waals surface area contributed by atoms with Crippen LogP contribution >= 0.6 is 0 Å². The molecule has 0 aliphatic carbocycles. The monoisotopic (exact) mass is 168 g/mol. The third kappa shape index (κ3) is 1.84. The highest BCUT2D eigenvalue weighted by atomic mass is 16.5. The summed E-state index contributed by atoms with van der Waals surface area (Å²) in [5.74, 6) is -0.249. The lowest BCUT2D eigenvalue weighted by Crippen LogP contribution is -2.19. The molecule has 0 amide bonds. The fraction of sp³-hybridized carbons (Fsp3) is 0.500. The number of nitrogens with zero attached hydrogens (tertiary/aromatic N) is 2. The molecule has 0 aromatic carbocycles. The predicted octanol–water partition coefficient (Wildman–Crippen LogP) is 1.01. The molecule has 66 valence electrons. The van der Waals surface area contributed by atoms with Crippen LogP contribution in [0.1, 0.15) is 19.9 Å². The highest BCUT2D eigenvalue weighted by Crippen LogP contribution is 2.04. The first-order valence-corrected chi connectivity index (χ1v) is 3.91. The van der Waals surface area contributed by atoms with Crippen molar-refractivity contribution in [1.29, 1.82) is 0 Å². The standard InChI is InChI=1S/C8H12N2O2/c1-3-12-8(11)7(2)10-6-4-5-9-10/h4-7H,3H2,1-2H3/t7-/m1/s1. The number of carbonyl (C=O) groups excluding carboxylic acids is 1. The molecular weight excluding hydrogens is 156 g/mol. The van der Waals surface area contributed by atoms with Gasteiger partial charge in [-0.15, -0.1) is 0 Å². The minimum absolute atomic E-state index is 0.249. The number of esters is 1. The molecule has 1 aromatic heterocycles. The quantitative estimate of drug-likeness (QED) is 0.632. The van der Waals surface area contributed by atoms with Crippen LogP contribution in [-0.2, 0) is 9.53 Å². The zero-order valence-electron chi connectivity index (χ0n) is 7.23. The zero-order chi connectivity index (χ0) is 8.97. The SMILES string of the molecule is CCOC(=O)[C@@H](C)n1cccn1. The Balaban J connectivity index is 2.59. The average Bonchev–Trinajstić information content (AvgIpc) is 2.55. The van der Waals surface area contributed by atoms with E-state index in [9.17, 15) is 4.79 Å². The van der Waals surface area contributed by atoms with Gasteiger partial charge in [-0.05, 0) is 19.9 Å². The van der Waals surface area contributed by atoms with Crippen molar-refractivity contribution in [2.75, 3.05) is 6.61 Å². The Labute approximate surface area is 71.1 Å². The van der Waals surface area contributed by atoms with Crippen molar-refractivity contribution < 1.29 is 9.53 Å². The molecular formula is C8H12N2O2. The molecule has 0 unspecified atom stereocenters. The fourth-order valence-corrected chi connectivity index (χ4v) is 0.881. The van der Waals surface area contributed by atoms with E-state index in [1.165, 1.54) is 0 Å². The molecule has 0 saturated heterocycles.